The van der Waals surface area contributed by atoms with Crippen LogP contribution in [0.3, 0.4) is 0 Å². The Bertz CT molecular complexity index is 412. The number of hydrogen-bond acceptors (Lipinski definition) is 2. The minimum Gasteiger partial charge on any atom is -0.497 e. The third-order valence-electron chi connectivity index (χ3n) is 3.57. The summed E-state index contributed by atoms with van der Waals surface area (Å²) in [5.74, 6) is 0.852. The van der Waals surface area contributed by atoms with E-state index >= 15 is 0 Å². The van der Waals surface area contributed by atoms with Gasteiger partial charge in [-0.25, -0.2) is 0 Å². The van der Waals surface area contributed by atoms with Crippen LogP contribution in [0.15, 0.2) is 24.3 Å². The molecule has 0 aromatic heterocycles. The zero-order chi connectivity index (χ0) is 13.5. The fourth-order valence-corrected chi connectivity index (χ4v) is 2.54. The zero-order valence-corrected chi connectivity index (χ0v) is 11.6. The van der Waals surface area contributed by atoms with Gasteiger partial charge in [-0.1, -0.05) is 6.07 Å². The normalized spacial score (nSPS) is 16.7. The van der Waals surface area contributed by atoms with Crippen molar-refractivity contribution in [3.05, 3.63) is 24.3 Å². The van der Waals surface area contributed by atoms with Gasteiger partial charge in [-0.2, -0.15) is 0 Å². The van der Waals surface area contributed by atoms with Gasteiger partial charge in [0.2, 0.25) is 0 Å². The summed E-state index contributed by atoms with van der Waals surface area (Å²) < 4.78 is 5.15. The molecule has 0 saturated carbocycles. The van der Waals surface area contributed by atoms with Gasteiger partial charge in [-0.15, -0.1) is 0 Å². The molecule has 104 valence electrons. The summed E-state index contributed by atoms with van der Waals surface area (Å²) in [6.45, 7) is 2.80. The van der Waals surface area contributed by atoms with Crippen molar-refractivity contribution in [1.82, 2.24) is 0 Å². The summed E-state index contributed by atoms with van der Waals surface area (Å²) in [5, 5.41) is 2.94. The van der Waals surface area contributed by atoms with Crippen LogP contribution in [-0.2, 0) is 4.79 Å². The van der Waals surface area contributed by atoms with E-state index in [2.05, 4.69) is 5.32 Å². The summed E-state index contributed by atoms with van der Waals surface area (Å²) >= 11 is 0. The highest BCUT2D eigenvalue weighted by molar-refractivity contribution is 5.91. The lowest BCUT2D eigenvalue weighted by Crippen LogP contribution is -3.12. The molecule has 1 amide bonds. The number of likely N-dealkylation sites (tertiary alicyclic amines) is 1. The number of hydrogen-bond donors (Lipinski definition) is 2. The van der Waals surface area contributed by atoms with E-state index in [1.54, 1.807) is 7.11 Å². The van der Waals surface area contributed by atoms with Gasteiger partial charge >= 0.3 is 0 Å². The summed E-state index contributed by atoms with van der Waals surface area (Å²) in [6, 6.07) is 7.48. The van der Waals surface area contributed by atoms with Crippen molar-refractivity contribution < 1.29 is 14.4 Å². The van der Waals surface area contributed by atoms with Gasteiger partial charge in [-0.05, 0) is 37.8 Å². The first-order valence-electron chi connectivity index (χ1n) is 7.05. The van der Waals surface area contributed by atoms with Gasteiger partial charge in [0.1, 0.15) is 5.75 Å². The molecule has 1 fully saturated rings. The molecule has 0 radical (unpaired) electrons. The first-order valence-corrected chi connectivity index (χ1v) is 7.05. The maximum atomic E-state index is 12.0. The summed E-state index contributed by atoms with van der Waals surface area (Å²) in [4.78, 5) is 13.4. The molecule has 1 aromatic carbocycles. The minimum absolute atomic E-state index is 0.0881. The Hall–Kier alpha value is -1.55. The Balaban J connectivity index is 1.85. The SMILES string of the molecule is COc1cccc(NC(=O)C[NH+]2CCCCCC2)c1. The van der Waals surface area contributed by atoms with E-state index < -0.39 is 0 Å². The van der Waals surface area contributed by atoms with Gasteiger partial charge < -0.3 is 15.0 Å². The number of nitrogens with one attached hydrogen (secondary N) is 2. The zero-order valence-electron chi connectivity index (χ0n) is 11.6. The Morgan fingerprint density at radius 2 is 2.00 bits per heavy atom. The van der Waals surface area contributed by atoms with Gasteiger partial charge in [0.25, 0.3) is 5.91 Å². The second-order valence-corrected chi connectivity index (χ2v) is 5.12. The molecule has 4 nitrogen and oxygen atoms in total. The molecular weight excluding hydrogens is 240 g/mol. The lowest BCUT2D eigenvalue weighted by molar-refractivity contribution is -0.890. The largest absolute Gasteiger partial charge is 0.497 e. The van der Waals surface area contributed by atoms with Crippen molar-refractivity contribution in [3.8, 4) is 5.75 Å². The van der Waals surface area contributed by atoms with Crippen LogP contribution in [0.5, 0.6) is 5.75 Å². The number of benzene rings is 1. The molecule has 0 spiro atoms. The van der Waals surface area contributed by atoms with Crippen LogP contribution < -0.4 is 15.0 Å². The van der Waals surface area contributed by atoms with Gasteiger partial charge in [-0.3, -0.25) is 4.79 Å². The Labute approximate surface area is 114 Å². The minimum atomic E-state index is 0.0881. The topological polar surface area (TPSA) is 42.8 Å². The highest BCUT2D eigenvalue weighted by Crippen LogP contribution is 2.16. The van der Waals surface area contributed by atoms with E-state index in [4.69, 9.17) is 4.74 Å². The van der Waals surface area contributed by atoms with Crippen LogP contribution in [0, 0.1) is 0 Å². The number of methoxy groups -OCH3 is 1. The van der Waals surface area contributed by atoms with E-state index in [0.717, 1.165) is 24.5 Å². The monoisotopic (exact) mass is 263 g/mol. The van der Waals surface area contributed by atoms with E-state index in [0.29, 0.717) is 6.54 Å². The number of rotatable bonds is 4. The second-order valence-electron chi connectivity index (χ2n) is 5.12. The molecule has 1 heterocycles. The Morgan fingerprint density at radius 1 is 1.26 bits per heavy atom. The van der Waals surface area contributed by atoms with E-state index in [-0.39, 0.29) is 5.91 Å². The predicted octanol–water partition coefficient (Wildman–Crippen LogP) is 1.09. The maximum absolute atomic E-state index is 12.0. The summed E-state index contributed by atoms with van der Waals surface area (Å²) in [7, 11) is 1.63. The summed E-state index contributed by atoms with van der Waals surface area (Å²) in [6.07, 6.45) is 5.09. The lowest BCUT2D eigenvalue weighted by atomic mass is 10.2. The van der Waals surface area contributed by atoms with Crippen LogP contribution in [0.1, 0.15) is 25.7 Å². The quantitative estimate of drug-likeness (QED) is 0.854. The van der Waals surface area contributed by atoms with Gasteiger partial charge in [0, 0.05) is 11.8 Å². The number of ether oxygens (including phenoxy) is 1. The number of carbonyl (C=O) groups excluding carboxylic acids is 1. The van der Waals surface area contributed by atoms with Crippen molar-refractivity contribution in [1.29, 1.82) is 0 Å². The van der Waals surface area contributed by atoms with E-state index in [9.17, 15) is 4.79 Å². The fourth-order valence-electron chi connectivity index (χ4n) is 2.54. The van der Waals surface area contributed by atoms with Crippen LogP contribution in [0.2, 0.25) is 0 Å². The second kappa shape index (κ2) is 7.14. The van der Waals surface area contributed by atoms with Crippen LogP contribution in [-0.4, -0.2) is 32.7 Å². The molecule has 4 heteroatoms. The molecule has 19 heavy (non-hydrogen) atoms. The number of carbonyl (C=O) groups is 1. The number of amides is 1. The molecule has 1 aliphatic rings. The van der Waals surface area contributed by atoms with Crippen molar-refractivity contribution in [2.75, 3.05) is 32.1 Å². The average molecular weight is 263 g/mol. The van der Waals surface area contributed by atoms with Crippen LogP contribution in [0.25, 0.3) is 0 Å². The first kappa shape index (κ1) is 13.9. The van der Waals surface area contributed by atoms with Gasteiger partial charge in [0.15, 0.2) is 6.54 Å². The molecule has 1 aromatic rings. The van der Waals surface area contributed by atoms with Crippen molar-refractivity contribution >= 4 is 11.6 Å². The average Bonchev–Trinajstić information content (AvgIpc) is 2.67. The molecule has 0 atom stereocenters. The molecular formula is C15H23N2O2+. The molecule has 0 bridgehead atoms. The molecule has 0 aliphatic carbocycles. The highest BCUT2D eigenvalue weighted by Gasteiger charge is 2.16. The molecule has 1 saturated heterocycles. The Morgan fingerprint density at radius 3 is 2.68 bits per heavy atom. The molecule has 1 aliphatic heterocycles. The summed E-state index contributed by atoms with van der Waals surface area (Å²) in [5.41, 5.74) is 0.804. The smallest absolute Gasteiger partial charge is 0.279 e. The molecule has 0 unspecified atom stereocenters. The first-order chi connectivity index (χ1) is 9.28. The van der Waals surface area contributed by atoms with Crippen molar-refractivity contribution in [3.63, 3.8) is 0 Å². The molecule has 2 rings (SSSR count). The standard InChI is InChI=1S/C15H22N2O2/c1-19-14-8-6-7-13(11-14)16-15(18)12-17-9-4-2-3-5-10-17/h6-8,11H,2-5,9-10,12H2,1H3,(H,16,18)/p+1. The predicted molar refractivity (Wildman–Crippen MR) is 75.7 cm³/mol. The highest BCUT2D eigenvalue weighted by atomic mass is 16.5. The van der Waals surface area contributed by atoms with Crippen LogP contribution >= 0.6 is 0 Å². The van der Waals surface area contributed by atoms with Gasteiger partial charge in [0.05, 0.1) is 20.2 Å². The molecule has 2 N–H and O–H groups in total. The third-order valence-corrected chi connectivity index (χ3v) is 3.57. The Kier molecular flexibility index (Phi) is 5.21. The van der Waals surface area contributed by atoms with E-state index in [1.165, 1.54) is 30.6 Å². The number of anilines is 1. The third kappa shape index (κ3) is 4.56. The lowest BCUT2D eigenvalue weighted by Gasteiger charge is -2.16. The van der Waals surface area contributed by atoms with Crippen molar-refractivity contribution in [2.24, 2.45) is 0 Å². The van der Waals surface area contributed by atoms with Crippen LogP contribution in [0.4, 0.5) is 5.69 Å². The fraction of sp³-hybridized carbons (Fsp3) is 0.533. The number of quaternary nitrogens is 1. The maximum Gasteiger partial charge on any atom is 0.279 e. The van der Waals surface area contributed by atoms with Crippen molar-refractivity contribution in [2.45, 2.75) is 25.7 Å². The van der Waals surface area contributed by atoms with E-state index in [1.807, 2.05) is 24.3 Å².